The molecule has 3 N–H and O–H groups in total. The molecule has 3 rings (SSSR count). The molecule has 9 nitrogen and oxygen atoms in total. The first kappa shape index (κ1) is 24.2. The zero-order chi connectivity index (χ0) is 22.5. The van der Waals surface area contributed by atoms with Gasteiger partial charge in [0.05, 0.1) is 12.8 Å². The topological polar surface area (TPSA) is 122 Å². The average Bonchev–Trinajstić information content (AvgIpc) is 2.67. The normalized spacial score (nSPS) is 18.2. The minimum absolute atomic E-state index is 0.00513. The lowest BCUT2D eigenvalue weighted by molar-refractivity contribution is -0.121. The van der Waals surface area contributed by atoms with E-state index in [0.717, 1.165) is 49.7 Å². The number of hydrogen-bond donors (Lipinski definition) is 2. The van der Waals surface area contributed by atoms with Crippen molar-refractivity contribution in [3.05, 3.63) is 18.2 Å². The summed E-state index contributed by atoms with van der Waals surface area (Å²) >= 11 is 0. The monoisotopic (exact) mass is 455 g/mol. The third-order valence-corrected chi connectivity index (χ3v) is 5.26. The van der Waals surface area contributed by atoms with E-state index in [-0.39, 0.29) is 12.5 Å². The maximum atomic E-state index is 12.2. The van der Waals surface area contributed by atoms with Gasteiger partial charge in [0, 0.05) is 25.2 Å². The predicted molar refractivity (Wildman–Crippen MR) is 102 cm³/mol. The Bertz CT molecular complexity index is 842. The van der Waals surface area contributed by atoms with Crippen molar-refractivity contribution in [2.45, 2.75) is 24.4 Å². The number of nitrogens with two attached hydrogens (primary N) is 1. The van der Waals surface area contributed by atoms with Gasteiger partial charge in [-0.2, -0.15) is 21.6 Å². The molecular weight excluding hydrogens is 431 g/mol. The van der Waals surface area contributed by atoms with Gasteiger partial charge in [0.15, 0.2) is 6.61 Å². The van der Waals surface area contributed by atoms with Crippen molar-refractivity contribution in [1.29, 1.82) is 0 Å². The molecule has 1 aromatic rings. The number of carbonyl (C=O) groups excluding carboxylic acids is 1. The largest absolute Gasteiger partial charge is 0.522 e. The molecule has 1 fully saturated rings. The zero-order valence-corrected chi connectivity index (χ0v) is 17.1. The van der Waals surface area contributed by atoms with Crippen LogP contribution in [0.4, 0.5) is 18.9 Å². The van der Waals surface area contributed by atoms with E-state index in [4.69, 9.17) is 28.2 Å². The van der Waals surface area contributed by atoms with Crippen molar-refractivity contribution in [3.63, 3.8) is 0 Å². The Balaban J connectivity index is 0.000000343. The minimum atomic E-state index is -5.84. The van der Waals surface area contributed by atoms with Crippen molar-refractivity contribution in [2.24, 2.45) is 5.73 Å². The summed E-state index contributed by atoms with van der Waals surface area (Å²) in [6.45, 7) is 3.63. The minimum Gasteiger partial charge on any atom is -0.497 e. The molecule has 170 valence electrons. The molecule has 0 saturated carbocycles. The second-order valence-electron chi connectivity index (χ2n) is 6.77. The van der Waals surface area contributed by atoms with E-state index in [1.54, 1.807) is 12.0 Å². The summed E-state index contributed by atoms with van der Waals surface area (Å²) in [7, 11) is -4.22. The fourth-order valence-corrected chi connectivity index (χ4v) is 2.97. The molecule has 1 amide bonds. The van der Waals surface area contributed by atoms with Gasteiger partial charge in [-0.05, 0) is 38.1 Å². The van der Waals surface area contributed by atoms with Crippen LogP contribution in [0.15, 0.2) is 18.2 Å². The van der Waals surface area contributed by atoms with Crippen LogP contribution in [0, 0.1) is 0 Å². The van der Waals surface area contributed by atoms with Crippen LogP contribution < -0.4 is 20.1 Å². The van der Waals surface area contributed by atoms with Crippen molar-refractivity contribution < 1.29 is 40.4 Å². The van der Waals surface area contributed by atoms with Gasteiger partial charge in [0.25, 0.3) is 5.91 Å². The summed E-state index contributed by atoms with van der Waals surface area (Å²) in [6.07, 6.45) is 2.06. The molecule has 0 aliphatic carbocycles. The van der Waals surface area contributed by atoms with E-state index >= 15 is 0 Å². The van der Waals surface area contributed by atoms with Gasteiger partial charge in [-0.1, -0.05) is 0 Å². The number of carbonyl (C=O) groups is 1. The smallest absolute Gasteiger partial charge is 0.497 e. The molecule has 0 radical (unpaired) electrons. The highest BCUT2D eigenvalue weighted by molar-refractivity contribution is 7.86. The van der Waals surface area contributed by atoms with E-state index in [9.17, 15) is 18.0 Å². The molecule has 0 atom stereocenters. The molecule has 1 saturated heterocycles. The van der Waals surface area contributed by atoms with Gasteiger partial charge in [-0.3, -0.25) is 9.35 Å². The number of methoxy groups -OCH3 is 1. The van der Waals surface area contributed by atoms with E-state index in [0.29, 0.717) is 12.6 Å². The van der Waals surface area contributed by atoms with E-state index in [1.807, 2.05) is 18.2 Å². The lowest BCUT2D eigenvalue weighted by Gasteiger charge is -2.34. The fraction of sp³-hybridized carbons (Fsp3) is 0.588. The highest BCUT2D eigenvalue weighted by Gasteiger charge is 2.44. The molecule has 0 spiro atoms. The van der Waals surface area contributed by atoms with Crippen LogP contribution in [-0.4, -0.2) is 75.2 Å². The predicted octanol–water partition coefficient (Wildman–Crippen LogP) is 1.24. The molecular formula is C17H24F3N3O6S. The lowest BCUT2D eigenvalue weighted by Crippen LogP contribution is -2.46. The zero-order valence-electron chi connectivity index (χ0n) is 16.3. The third-order valence-electron chi connectivity index (χ3n) is 4.67. The Kier molecular flexibility index (Phi) is 7.91. The summed E-state index contributed by atoms with van der Waals surface area (Å²) in [5.74, 6) is 1.46. The van der Waals surface area contributed by atoms with Crippen LogP contribution in [0.3, 0.4) is 0 Å². The van der Waals surface area contributed by atoms with Crippen molar-refractivity contribution in [1.82, 2.24) is 4.90 Å². The number of nitrogens with zero attached hydrogens (tertiary/aromatic N) is 2. The van der Waals surface area contributed by atoms with Gasteiger partial charge in [0.1, 0.15) is 11.5 Å². The van der Waals surface area contributed by atoms with E-state index in [2.05, 4.69) is 4.90 Å². The average molecular weight is 455 g/mol. The van der Waals surface area contributed by atoms with Crippen LogP contribution in [-0.2, 0) is 14.9 Å². The number of rotatable bonds is 4. The second-order valence-corrected chi connectivity index (χ2v) is 8.18. The number of piperidine rings is 1. The summed E-state index contributed by atoms with van der Waals surface area (Å²) in [5.41, 5.74) is 1.19. The first-order valence-electron chi connectivity index (χ1n) is 9.05. The Morgan fingerprint density at radius 1 is 1.27 bits per heavy atom. The van der Waals surface area contributed by atoms with Crippen LogP contribution in [0.5, 0.6) is 11.5 Å². The number of likely N-dealkylation sites (tertiary alicyclic amines) is 1. The molecule has 13 heteroatoms. The van der Waals surface area contributed by atoms with Crippen LogP contribution in [0.2, 0.25) is 0 Å². The van der Waals surface area contributed by atoms with Gasteiger partial charge >= 0.3 is 15.6 Å². The highest BCUT2D eigenvalue weighted by atomic mass is 32.2. The number of alkyl halides is 3. The first-order valence-corrected chi connectivity index (χ1v) is 10.5. The SMILES string of the molecule is COc1ccc2c(c1)N(CCN1CCC(N)CC1)C(=O)CO2.O=S(=O)(O)C(F)(F)F. The van der Waals surface area contributed by atoms with Gasteiger partial charge < -0.3 is 25.0 Å². The van der Waals surface area contributed by atoms with Gasteiger partial charge in [-0.25, -0.2) is 0 Å². The molecule has 2 aliphatic heterocycles. The Hall–Kier alpha value is -2.09. The quantitative estimate of drug-likeness (QED) is 0.514. The van der Waals surface area contributed by atoms with Crippen LogP contribution in [0.25, 0.3) is 0 Å². The number of halogens is 3. The Morgan fingerprint density at radius 3 is 2.40 bits per heavy atom. The fourth-order valence-electron chi connectivity index (χ4n) is 2.97. The molecule has 0 aromatic heterocycles. The molecule has 1 aromatic carbocycles. The highest BCUT2D eigenvalue weighted by Crippen LogP contribution is 2.35. The van der Waals surface area contributed by atoms with Crippen molar-refractivity contribution >= 4 is 21.7 Å². The third kappa shape index (κ3) is 6.45. The molecule has 2 heterocycles. The number of benzene rings is 1. The summed E-state index contributed by atoms with van der Waals surface area (Å²) in [5, 5.41) is 0. The maximum absolute atomic E-state index is 12.2. The number of anilines is 1. The molecule has 2 aliphatic rings. The molecule has 0 bridgehead atoms. The van der Waals surface area contributed by atoms with Crippen molar-refractivity contribution in [2.75, 3.05) is 44.8 Å². The number of hydrogen-bond acceptors (Lipinski definition) is 7. The van der Waals surface area contributed by atoms with Crippen LogP contribution in [0.1, 0.15) is 12.8 Å². The number of amides is 1. The molecule has 30 heavy (non-hydrogen) atoms. The lowest BCUT2D eigenvalue weighted by atomic mass is 10.1. The van der Waals surface area contributed by atoms with E-state index < -0.39 is 15.6 Å². The van der Waals surface area contributed by atoms with E-state index in [1.165, 1.54) is 0 Å². The Morgan fingerprint density at radius 2 is 1.87 bits per heavy atom. The summed E-state index contributed by atoms with van der Waals surface area (Å²) in [4.78, 5) is 16.4. The standard InChI is InChI=1S/C16H23N3O3.CHF3O3S/c1-21-13-2-3-15-14(10-13)19(16(20)11-22-15)9-8-18-6-4-12(17)5-7-18;2-1(3,4)8(5,6)7/h2-3,10,12H,4-9,11,17H2,1H3;(H,5,6,7). The number of ether oxygens (including phenoxy) is 2. The van der Waals surface area contributed by atoms with Crippen molar-refractivity contribution in [3.8, 4) is 11.5 Å². The molecule has 0 unspecified atom stereocenters. The first-order chi connectivity index (χ1) is 13.9. The summed E-state index contributed by atoms with van der Waals surface area (Å²) in [6, 6.07) is 5.89. The van der Waals surface area contributed by atoms with Gasteiger partial charge in [0.2, 0.25) is 0 Å². The Labute approximate surface area is 172 Å². The van der Waals surface area contributed by atoms with Crippen LogP contribution >= 0.6 is 0 Å². The summed E-state index contributed by atoms with van der Waals surface area (Å²) < 4.78 is 68.3. The number of fused-ring (bicyclic) bond motifs is 1. The van der Waals surface area contributed by atoms with Gasteiger partial charge in [-0.15, -0.1) is 0 Å². The second kappa shape index (κ2) is 9.81. The maximum Gasteiger partial charge on any atom is 0.522 e.